The van der Waals surface area contributed by atoms with Crippen LogP contribution in [0.1, 0.15) is 11.3 Å². The van der Waals surface area contributed by atoms with Crippen LogP contribution >= 0.6 is 0 Å². The Morgan fingerprint density at radius 3 is 2.58 bits per heavy atom. The molecule has 1 aromatic heterocycles. The Balaban J connectivity index is 3.09. The Kier molecular flexibility index (Phi) is 2.14. The van der Waals surface area contributed by atoms with Gasteiger partial charge in [0.15, 0.2) is 0 Å². The lowest BCUT2D eigenvalue weighted by atomic mass is 10.1. The molecule has 0 saturated carbocycles. The first kappa shape index (κ1) is 9.12. The largest absolute Gasteiger partial charge is 0.325 e. The van der Waals surface area contributed by atoms with Crippen molar-refractivity contribution in [2.45, 2.75) is 12.8 Å². The van der Waals surface area contributed by atoms with Crippen LogP contribution in [0.4, 0.5) is 8.78 Å². The van der Waals surface area contributed by atoms with Crippen LogP contribution in [0.5, 0.6) is 0 Å². The first-order valence-electron chi connectivity index (χ1n) is 3.56. The third kappa shape index (κ3) is 1.45. The highest BCUT2D eigenvalue weighted by atomic mass is 19.3. The molecule has 0 spiro atoms. The second-order valence-electron chi connectivity index (χ2n) is 2.71. The highest BCUT2D eigenvalue weighted by Gasteiger charge is 2.32. The van der Waals surface area contributed by atoms with Gasteiger partial charge in [-0.25, -0.2) is 0 Å². The van der Waals surface area contributed by atoms with Crippen LogP contribution in [-0.4, -0.2) is 16.3 Å². The van der Waals surface area contributed by atoms with Crippen molar-refractivity contribution in [2.24, 2.45) is 12.8 Å². The predicted octanol–water partition coefficient (Wildman–Crippen LogP) is 0.779. The van der Waals surface area contributed by atoms with E-state index in [9.17, 15) is 8.78 Å². The van der Waals surface area contributed by atoms with Crippen LogP contribution in [0.25, 0.3) is 0 Å². The molecule has 0 aliphatic heterocycles. The molecule has 0 amide bonds. The summed E-state index contributed by atoms with van der Waals surface area (Å²) in [6, 6.07) is 0. The number of halogens is 2. The van der Waals surface area contributed by atoms with Crippen molar-refractivity contribution < 1.29 is 8.78 Å². The fourth-order valence-electron chi connectivity index (χ4n) is 1.07. The lowest BCUT2D eigenvalue weighted by molar-refractivity contribution is 0.00527. The van der Waals surface area contributed by atoms with Crippen LogP contribution < -0.4 is 5.73 Å². The zero-order valence-corrected chi connectivity index (χ0v) is 7.01. The smallest absolute Gasteiger partial charge is 0.288 e. The number of rotatable bonds is 2. The summed E-state index contributed by atoms with van der Waals surface area (Å²) in [7, 11) is 1.60. The Morgan fingerprint density at radius 2 is 2.25 bits per heavy atom. The van der Waals surface area contributed by atoms with E-state index in [1.165, 1.54) is 10.9 Å². The quantitative estimate of drug-likeness (QED) is 0.721. The van der Waals surface area contributed by atoms with Gasteiger partial charge in [-0.2, -0.15) is 13.9 Å². The molecule has 0 bridgehead atoms. The van der Waals surface area contributed by atoms with E-state index in [0.717, 1.165) is 0 Å². The minimum Gasteiger partial charge on any atom is -0.325 e. The number of aryl methyl sites for hydroxylation is 2. The van der Waals surface area contributed by atoms with E-state index in [4.69, 9.17) is 5.73 Å². The van der Waals surface area contributed by atoms with Gasteiger partial charge in [0.25, 0.3) is 5.92 Å². The fourth-order valence-corrected chi connectivity index (χ4v) is 1.07. The Bertz CT molecular complexity index is 280. The zero-order chi connectivity index (χ0) is 9.35. The lowest BCUT2D eigenvalue weighted by Crippen LogP contribution is -2.25. The maximum atomic E-state index is 13.0. The van der Waals surface area contributed by atoms with Gasteiger partial charge in [0, 0.05) is 13.2 Å². The van der Waals surface area contributed by atoms with Gasteiger partial charge in [-0.3, -0.25) is 4.68 Å². The molecule has 1 rings (SSSR count). The molecule has 1 heterocycles. The fraction of sp³-hybridized carbons (Fsp3) is 0.571. The second kappa shape index (κ2) is 2.82. The Labute approximate surface area is 69.2 Å². The number of aromatic nitrogens is 2. The van der Waals surface area contributed by atoms with Gasteiger partial charge >= 0.3 is 0 Å². The van der Waals surface area contributed by atoms with Gasteiger partial charge < -0.3 is 5.73 Å². The third-order valence-electron chi connectivity index (χ3n) is 1.66. The summed E-state index contributed by atoms with van der Waals surface area (Å²) in [5.74, 6) is -2.96. The summed E-state index contributed by atoms with van der Waals surface area (Å²) in [6.45, 7) is 0.860. The van der Waals surface area contributed by atoms with Crippen LogP contribution in [0, 0.1) is 6.92 Å². The molecule has 0 radical (unpaired) electrons. The topological polar surface area (TPSA) is 43.8 Å². The van der Waals surface area contributed by atoms with Crippen molar-refractivity contribution in [3.63, 3.8) is 0 Å². The van der Waals surface area contributed by atoms with E-state index >= 15 is 0 Å². The molecule has 12 heavy (non-hydrogen) atoms. The molecule has 1 aromatic rings. The first-order valence-corrected chi connectivity index (χ1v) is 3.56. The van der Waals surface area contributed by atoms with E-state index in [0.29, 0.717) is 5.69 Å². The standard InChI is InChI=1S/C7H11F2N3/c1-5-6(3-12(2)11-5)7(8,9)4-10/h3H,4,10H2,1-2H3. The van der Waals surface area contributed by atoms with Gasteiger partial charge in [0.1, 0.15) is 0 Å². The van der Waals surface area contributed by atoms with Gasteiger partial charge in [-0.05, 0) is 6.92 Å². The van der Waals surface area contributed by atoms with Gasteiger partial charge in [0.2, 0.25) is 0 Å². The number of hydrogen-bond donors (Lipinski definition) is 1. The highest BCUT2D eigenvalue weighted by Crippen LogP contribution is 2.28. The summed E-state index contributed by atoms with van der Waals surface area (Å²) < 4.78 is 27.3. The van der Waals surface area contributed by atoms with Crippen molar-refractivity contribution in [1.82, 2.24) is 9.78 Å². The molecule has 2 N–H and O–H groups in total. The molecule has 5 heteroatoms. The molecule has 3 nitrogen and oxygen atoms in total. The zero-order valence-electron chi connectivity index (χ0n) is 7.01. The Hall–Kier alpha value is -0.970. The lowest BCUT2D eigenvalue weighted by Gasteiger charge is -2.11. The third-order valence-corrected chi connectivity index (χ3v) is 1.66. The van der Waals surface area contributed by atoms with E-state index < -0.39 is 12.5 Å². The molecule has 68 valence electrons. The van der Waals surface area contributed by atoms with Crippen LogP contribution in [0.15, 0.2) is 6.20 Å². The van der Waals surface area contributed by atoms with Crippen molar-refractivity contribution >= 4 is 0 Å². The van der Waals surface area contributed by atoms with Gasteiger partial charge in [-0.15, -0.1) is 0 Å². The SMILES string of the molecule is Cc1nn(C)cc1C(F)(F)CN. The minimum atomic E-state index is -2.96. The van der Waals surface area contributed by atoms with Crippen LogP contribution in [-0.2, 0) is 13.0 Å². The van der Waals surface area contributed by atoms with E-state index in [2.05, 4.69) is 5.10 Å². The van der Waals surface area contributed by atoms with Crippen molar-refractivity contribution in [1.29, 1.82) is 0 Å². The molecular weight excluding hydrogens is 164 g/mol. The monoisotopic (exact) mass is 175 g/mol. The summed E-state index contributed by atoms with van der Waals surface area (Å²) >= 11 is 0. The van der Waals surface area contributed by atoms with E-state index in [1.807, 2.05) is 0 Å². The van der Waals surface area contributed by atoms with Crippen molar-refractivity contribution in [2.75, 3.05) is 6.54 Å². The molecule has 0 aromatic carbocycles. The molecular formula is C7H11F2N3. The van der Waals surface area contributed by atoms with Crippen LogP contribution in [0.2, 0.25) is 0 Å². The van der Waals surface area contributed by atoms with Gasteiger partial charge in [-0.1, -0.05) is 0 Å². The van der Waals surface area contributed by atoms with Gasteiger partial charge in [0.05, 0.1) is 17.8 Å². The molecule has 0 aliphatic carbocycles. The number of nitrogens with zero attached hydrogens (tertiary/aromatic N) is 2. The molecule has 0 unspecified atom stereocenters. The van der Waals surface area contributed by atoms with Crippen molar-refractivity contribution in [3.8, 4) is 0 Å². The van der Waals surface area contributed by atoms with Crippen LogP contribution in [0.3, 0.4) is 0 Å². The number of alkyl halides is 2. The number of hydrogen-bond acceptors (Lipinski definition) is 2. The normalized spacial score (nSPS) is 12.1. The molecule has 0 atom stereocenters. The maximum absolute atomic E-state index is 13.0. The second-order valence-corrected chi connectivity index (χ2v) is 2.71. The maximum Gasteiger partial charge on any atom is 0.288 e. The highest BCUT2D eigenvalue weighted by molar-refractivity contribution is 5.21. The summed E-state index contributed by atoms with van der Waals surface area (Å²) in [5, 5.41) is 3.81. The summed E-state index contributed by atoms with van der Waals surface area (Å²) in [6.07, 6.45) is 1.29. The molecule has 0 aliphatic rings. The number of nitrogens with two attached hydrogens (primary N) is 1. The average molecular weight is 175 g/mol. The predicted molar refractivity (Wildman–Crippen MR) is 40.9 cm³/mol. The summed E-state index contributed by atoms with van der Waals surface area (Å²) in [4.78, 5) is 0. The van der Waals surface area contributed by atoms with E-state index in [1.54, 1.807) is 14.0 Å². The first-order chi connectivity index (χ1) is 5.47. The van der Waals surface area contributed by atoms with Crippen molar-refractivity contribution in [3.05, 3.63) is 17.5 Å². The minimum absolute atomic E-state index is 0.0903. The van der Waals surface area contributed by atoms with E-state index in [-0.39, 0.29) is 5.56 Å². The Morgan fingerprint density at radius 1 is 1.67 bits per heavy atom. The average Bonchev–Trinajstić information content (AvgIpc) is 2.31. The summed E-state index contributed by atoms with van der Waals surface area (Å²) in [5.41, 5.74) is 5.17. The molecule has 0 saturated heterocycles. The molecule has 0 fully saturated rings.